The Morgan fingerprint density at radius 3 is 2.89 bits per heavy atom. The molecular formula is C16H10ClFN4O4S. The Morgan fingerprint density at radius 1 is 1.30 bits per heavy atom. The molecule has 8 nitrogen and oxygen atoms in total. The molecule has 138 valence electrons. The summed E-state index contributed by atoms with van der Waals surface area (Å²) in [5, 5.41) is 21.2. The van der Waals surface area contributed by atoms with E-state index in [0.717, 1.165) is 17.8 Å². The Kier molecular flexibility index (Phi) is 5.67. The van der Waals surface area contributed by atoms with Crippen LogP contribution in [0.15, 0.2) is 52.1 Å². The molecule has 0 fully saturated rings. The highest BCUT2D eigenvalue weighted by Crippen LogP contribution is 2.26. The Labute approximate surface area is 160 Å². The lowest BCUT2D eigenvalue weighted by atomic mass is 10.2. The van der Waals surface area contributed by atoms with Gasteiger partial charge in [-0.1, -0.05) is 29.4 Å². The molecule has 0 saturated heterocycles. The second-order valence-corrected chi connectivity index (χ2v) is 6.50. The van der Waals surface area contributed by atoms with E-state index in [4.69, 9.17) is 16.0 Å². The fourth-order valence-corrected chi connectivity index (χ4v) is 2.78. The number of carbonyl (C=O) groups excluding carboxylic acids is 1. The number of hydrogen-bond donors (Lipinski definition) is 1. The molecule has 0 unspecified atom stereocenters. The Hall–Kier alpha value is -2.98. The summed E-state index contributed by atoms with van der Waals surface area (Å²) in [7, 11) is 0. The van der Waals surface area contributed by atoms with Gasteiger partial charge in [-0.3, -0.25) is 14.9 Å². The topological polar surface area (TPSA) is 111 Å². The third-order valence-corrected chi connectivity index (χ3v) is 4.29. The molecule has 3 aromatic rings. The predicted molar refractivity (Wildman–Crippen MR) is 97.2 cm³/mol. The molecule has 0 spiro atoms. The van der Waals surface area contributed by atoms with E-state index in [9.17, 15) is 19.3 Å². The maximum absolute atomic E-state index is 13.6. The molecule has 0 aliphatic heterocycles. The third kappa shape index (κ3) is 4.80. The maximum atomic E-state index is 13.6. The first-order valence-corrected chi connectivity index (χ1v) is 8.75. The fourth-order valence-electron chi connectivity index (χ4n) is 2.04. The van der Waals surface area contributed by atoms with Crippen LogP contribution >= 0.6 is 23.4 Å². The molecule has 0 saturated carbocycles. The van der Waals surface area contributed by atoms with Crippen LogP contribution in [0, 0.1) is 15.9 Å². The number of halogens is 2. The smallest absolute Gasteiger partial charge is 0.277 e. The number of aromatic nitrogens is 2. The number of non-ortho nitro benzene ring substituents is 1. The zero-order chi connectivity index (χ0) is 19.4. The quantitative estimate of drug-likeness (QED) is 0.370. The molecule has 2 aromatic carbocycles. The molecule has 0 aliphatic carbocycles. The molecule has 0 aliphatic rings. The van der Waals surface area contributed by atoms with Crippen molar-refractivity contribution in [3.05, 3.63) is 63.4 Å². The first kappa shape index (κ1) is 18.8. The summed E-state index contributed by atoms with van der Waals surface area (Å²) in [6, 6.07) is 9.54. The van der Waals surface area contributed by atoms with Crippen molar-refractivity contribution in [2.24, 2.45) is 0 Å². The molecule has 27 heavy (non-hydrogen) atoms. The average Bonchev–Trinajstić information content (AvgIpc) is 3.12. The van der Waals surface area contributed by atoms with Gasteiger partial charge in [0.2, 0.25) is 11.8 Å². The van der Waals surface area contributed by atoms with Crippen LogP contribution in [0.3, 0.4) is 0 Å². The Balaban J connectivity index is 1.62. The number of hydrogen-bond acceptors (Lipinski definition) is 7. The maximum Gasteiger partial charge on any atom is 0.277 e. The van der Waals surface area contributed by atoms with Crippen LogP contribution in [-0.4, -0.2) is 26.8 Å². The number of thioether (sulfide) groups is 1. The van der Waals surface area contributed by atoms with Gasteiger partial charge in [0.1, 0.15) is 5.82 Å². The van der Waals surface area contributed by atoms with Gasteiger partial charge in [0, 0.05) is 22.7 Å². The van der Waals surface area contributed by atoms with E-state index in [-0.39, 0.29) is 33.3 Å². The highest BCUT2D eigenvalue weighted by Gasteiger charge is 2.15. The van der Waals surface area contributed by atoms with Gasteiger partial charge in [0.05, 0.1) is 16.4 Å². The minimum absolute atomic E-state index is 0.0316. The van der Waals surface area contributed by atoms with E-state index >= 15 is 0 Å². The molecule has 3 rings (SSSR count). The Bertz CT molecular complexity index is 1010. The van der Waals surface area contributed by atoms with Gasteiger partial charge in [0.15, 0.2) is 0 Å². The van der Waals surface area contributed by atoms with Crippen molar-refractivity contribution in [1.29, 1.82) is 0 Å². The van der Waals surface area contributed by atoms with Crippen LogP contribution in [0.5, 0.6) is 0 Å². The van der Waals surface area contributed by atoms with Gasteiger partial charge >= 0.3 is 0 Å². The van der Waals surface area contributed by atoms with E-state index in [1.165, 1.54) is 30.3 Å². The summed E-state index contributed by atoms with van der Waals surface area (Å²) in [5.74, 6) is -1.12. The van der Waals surface area contributed by atoms with E-state index in [2.05, 4.69) is 15.5 Å². The largest absolute Gasteiger partial charge is 0.411 e. The molecular weight excluding hydrogens is 399 g/mol. The summed E-state index contributed by atoms with van der Waals surface area (Å²) in [4.78, 5) is 22.2. The summed E-state index contributed by atoms with van der Waals surface area (Å²) in [6.07, 6.45) is 0. The van der Waals surface area contributed by atoms with Crippen molar-refractivity contribution in [2.75, 3.05) is 11.1 Å². The monoisotopic (exact) mass is 408 g/mol. The summed E-state index contributed by atoms with van der Waals surface area (Å²) in [6.45, 7) is 0. The minimum Gasteiger partial charge on any atom is -0.411 e. The third-order valence-electron chi connectivity index (χ3n) is 3.24. The zero-order valence-electron chi connectivity index (χ0n) is 13.4. The number of anilines is 1. The van der Waals surface area contributed by atoms with Crippen molar-refractivity contribution in [3.8, 4) is 11.5 Å². The second kappa shape index (κ2) is 8.14. The summed E-state index contributed by atoms with van der Waals surface area (Å²) >= 11 is 6.71. The first-order chi connectivity index (χ1) is 12.9. The number of carbonyl (C=O) groups is 1. The van der Waals surface area contributed by atoms with Crippen molar-refractivity contribution in [3.63, 3.8) is 0 Å². The molecule has 0 atom stereocenters. The van der Waals surface area contributed by atoms with E-state index in [0.29, 0.717) is 5.56 Å². The lowest BCUT2D eigenvalue weighted by Gasteiger charge is -2.05. The molecule has 1 N–H and O–H groups in total. The van der Waals surface area contributed by atoms with E-state index < -0.39 is 16.6 Å². The van der Waals surface area contributed by atoms with Gasteiger partial charge in [-0.25, -0.2) is 4.39 Å². The number of amides is 1. The van der Waals surface area contributed by atoms with Gasteiger partial charge in [-0.2, -0.15) is 0 Å². The predicted octanol–water partition coefficient (Wildman–Crippen LogP) is 4.17. The van der Waals surface area contributed by atoms with Crippen LogP contribution in [0.4, 0.5) is 15.8 Å². The lowest BCUT2D eigenvalue weighted by molar-refractivity contribution is -0.384. The number of benzene rings is 2. The van der Waals surface area contributed by atoms with Crippen LogP contribution in [0.25, 0.3) is 11.5 Å². The van der Waals surface area contributed by atoms with Gasteiger partial charge in [0.25, 0.3) is 10.9 Å². The van der Waals surface area contributed by atoms with Crippen LogP contribution in [0.1, 0.15) is 0 Å². The van der Waals surface area contributed by atoms with Crippen molar-refractivity contribution >= 4 is 40.6 Å². The lowest BCUT2D eigenvalue weighted by Crippen LogP contribution is -2.15. The van der Waals surface area contributed by atoms with E-state index in [1.54, 1.807) is 6.07 Å². The van der Waals surface area contributed by atoms with Crippen LogP contribution in [0.2, 0.25) is 5.02 Å². The van der Waals surface area contributed by atoms with Crippen LogP contribution < -0.4 is 5.32 Å². The summed E-state index contributed by atoms with van der Waals surface area (Å²) < 4.78 is 19.0. The van der Waals surface area contributed by atoms with Crippen molar-refractivity contribution in [1.82, 2.24) is 10.2 Å². The second-order valence-electron chi connectivity index (χ2n) is 5.14. The highest BCUT2D eigenvalue weighted by atomic mass is 35.5. The first-order valence-electron chi connectivity index (χ1n) is 7.38. The fraction of sp³-hybridized carbons (Fsp3) is 0.0625. The van der Waals surface area contributed by atoms with Crippen molar-refractivity contribution < 1.29 is 18.5 Å². The van der Waals surface area contributed by atoms with Crippen LogP contribution in [-0.2, 0) is 4.79 Å². The minimum atomic E-state index is -0.608. The number of nitrogens with zero attached hydrogens (tertiary/aromatic N) is 3. The number of nitro groups is 1. The molecule has 0 radical (unpaired) electrons. The normalized spacial score (nSPS) is 10.6. The average molecular weight is 409 g/mol. The van der Waals surface area contributed by atoms with Crippen molar-refractivity contribution in [2.45, 2.75) is 5.22 Å². The summed E-state index contributed by atoms with van der Waals surface area (Å²) in [5.41, 5.74) is 0.243. The Morgan fingerprint density at radius 2 is 2.11 bits per heavy atom. The zero-order valence-corrected chi connectivity index (χ0v) is 15.0. The number of rotatable bonds is 6. The molecule has 1 aromatic heterocycles. The SMILES string of the molecule is O=C(CSc1nnc(-c2cccc([N+](=O)[O-])c2)o1)Nc1cc(Cl)ccc1F. The highest BCUT2D eigenvalue weighted by molar-refractivity contribution is 7.99. The van der Waals surface area contributed by atoms with Gasteiger partial charge in [-0.15, -0.1) is 10.2 Å². The number of nitro benzene ring substituents is 1. The molecule has 11 heteroatoms. The molecule has 1 amide bonds. The van der Waals surface area contributed by atoms with Gasteiger partial charge < -0.3 is 9.73 Å². The standard InChI is InChI=1S/C16H10ClFN4O4S/c17-10-4-5-12(18)13(7-10)19-14(23)8-27-16-21-20-15(26-16)9-2-1-3-11(6-9)22(24)25/h1-7H,8H2,(H,19,23). The molecule has 0 bridgehead atoms. The van der Waals surface area contributed by atoms with E-state index in [1.807, 2.05) is 0 Å². The number of nitrogens with one attached hydrogen (secondary N) is 1. The molecule has 1 heterocycles. The van der Waals surface area contributed by atoms with Gasteiger partial charge in [-0.05, 0) is 24.3 Å².